The number of fused-ring (bicyclic) bond motifs is 1. The summed E-state index contributed by atoms with van der Waals surface area (Å²) in [7, 11) is 0. The van der Waals surface area contributed by atoms with Crippen molar-refractivity contribution >= 4 is 39.0 Å². The van der Waals surface area contributed by atoms with E-state index in [0.29, 0.717) is 5.28 Å². The van der Waals surface area contributed by atoms with Crippen LogP contribution in [-0.4, -0.2) is 16.5 Å². The van der Waals surface area contributed by atoms with E-state index in [1.807, 2.05) is 6.07 Å². The average Bonchev–Trinajstić information content (AvgIpc) is 3.12. The fourth-order valence-electron chi connectivity index (χ4n) is 3.82. The summed E-state index contributed by atoms with van der Waals surface area (Å²) in [5, 5.41) is 1.42. The molecule has 2 aromatic heterocycles. The lowest BCUT2D eigenvalue weighted by Gasteiger charge is -2.23. The Bertz CT molecular complexity index is 1180. The monoisotopic (exact) mass is 435 g/mol. The molecule has 3 nitrogen and oxygen atoms in total. The summed E-state index contributed by atoms with van der Waals surface area (Å²) >= 11 is 8.11. The molecule has 5 heteroatoms. The summed E-state index contributed by atoms with van der Waals surface area (Å²) < 4.78 is 0. The molecule has 0 saturated carbocycles. The van der Waals surface area contributed by atoms with E-state index in [2.05, 4.69) is 80.0 Å². The molecule has 0 aliphatic heterocycles. The first kappa shape index (κ1) is 20.8. The van der Waals surface area contributed by atoms with Gasteiger partial charge in [-0.25, -0.2) is 4.98 Å². The zero-order valence-electron chi connectivity index (χ0n) is 17.9. The van der Waals surface area contributed by atoms with Crippen molar-refractivity contribution in [1.29, 1.82) is 0 Å². The smallest absolute Gasteiger partial charge is 0.225 e. The lowest BCUT2D eigenvalue weighted by molar-refractivity contribution is 0.817. The Morgan fingerprint density at radius 2 is 1.73 bits per heavy atom. The standard InChI is InChI=1S/C25H26ClN3S/c1-5-20-21(19-13-12-16(3)17(4)14-19)22-23(27-25(26)28-24(22)30-20)29(6-2)15-18-10-8-7-9-11-18/h7-14H,5-6,15H2,1-4H3. The highest BCUT2D eigenvalue weighted by Gasteiger charge is 2.22. The van der Waals surface area contributed by atoms with E-state index >= 15 is 0 Å². The van der Waals surface area contributed by atoms with Gasteiger partial charge < -0.3 is 4.90 Å². The lowest BCUT2D eigenvalue weighted by Crippen LogP contribution is -2.23. The van der Waals surface area contributed by atoms with E-state index in [9.17, 15) is 0 Å². The van der Waals surface area contributed by atoms with Crippen LogP contribution in [0.2, 0.25) is 5.28 Å². The van der Waals surface area contributed by atoms with Gasteiger partial charge >= 0.3 is 0 Å². The van der Waals surface area contributed by atoms with Gasteiger partial charge in [-0.1, -0.05) is 55.5 Å². The molecule has 4 rings (SSSR count). The zero-order chi connectivity index (χ0) is 21.3. The topological polar surface area (TPSA) is 29.0 Å². The number of benzene rings is 2. The highest BCUT2D eigenvalue weighted by Crippen LogP contribution is 2.43. The van der Waals surface area contributed by atoms with Crippen molar-refractivity contribution in [1.82, 2.24) is 9.97 Å². The van der Waals surface area contributed by atoms with E-state index in [1.54, 1.807) is 11.3 Å². The van der Waals surface area contributed by atoms with Crippen LogP contribution in [0.25, 0.3) is 21.3 Å². The van der Waals surface area contributed by atoms with Crippen molar-refractivity contribution < 1.29 is 0 Å². The molecule has 0 aliphatic carbocycles. The first-order chi connectivity index (χ1) is 14.5. The summed E-state index contributed by atoms with van der Waals surface area (Å²) in [6.45, 7) is 10.3. The van der Waals surface area contributed by atoms with E-state index in [1.165, 1.54) is 32.7 Å². The molecule has 0 unspecified atom stereocenters. The quantitative estimate of drug-likeness (QED) is 0.299. The Labute approximate surface area is 187 Å². The fourth-order valence-corrected chi connectivity index (χ4v) is 5.17. The number of anilines is 1. The Hall–Kier alpha value is -2.43. The van der Waals surface area contributed by atoms with Gasteiger partial charge in [-0.15, -0.1) is 11.3 Å². The molecular weight excluding hydrogens is 410 g/mol. The van der Waals surface area contributed by atoms with Crippen LogP contribution >= 0.6 is 22.9 Å². The summed E-state index contributed by atoms with van der Waals surface area (Å²) in [5.41, 5.74) is 6.32. The Morgan fingerprint density at radius 3 is 2.40 bits per heavy atom. The molecule has 0 spiro atoms. The number of aromatic nitrogens is 2. The van der Waals surface area contributed by atoms with Gasteiger partial charge in [-0.05, 0) is 61.0 Å². The minimum Gasteiger partial charge on any atom is -0.352 e. The van der Waals surface area contributed by atoms with Crippen molar-refractivity contribution in [3.05, 3.63) is 75.4 Å². The van der Waals surface area contributed by atoms with Crippen LogP contribution in [0.15, 0.2) is 48.5 Å². The number of rotatable bonds is 6. The average molecular weight is 436 g/mol. The third-order valence-electron chi connectivity index (χ3n) is 5.59. The van der Waals surface area contributed by atoms with E-state index in [0.717, 1.165) is 35.5 Å². The molecule has 4 aromatic rings. The summed E-state index contributed by atoms with van der Waals surface area (Å²) in [5.74, 6) is 0.917. The Morgan fingerprint density at radius 1 is 0.967 bits per heavy atom. The third kappa shape index (κ3) is 3.94. The van der Waals surface area contributed by atoms with E-state index in [4.69, 9.17) is 16.6 Å². The van der Waals surface area contributed by atoms with Gasteiger partial charge in [-0.2, -0.15) is 4.98 Å². The van der Waals surface area contributed by atoms with Gasteiger partial charge in [0.1, 0.15) is 10.6 Å². The van der Waals surface area contributed by atoms with Crippen molar-refractivity contribution in [2.24, 2.45) is 0 Å². The maximum atomic E-state index is 6.38. The van der Waals surface area contributed by atoms with Crippen LogP contribution in [0, 0.1) is 13.8 Å². The molecule has 2 aromatic carbocycles. The SMILES string of the molecule is CCc1sc2nc(Cl)nc(N(CC)Cc3ccccc3)c2c1-c1ccc(C)c(C)c1. The fraction of sp³-hybridized carbons (Fsp3) is 0.280. The number of aryl methyl sites for hydroxylation is 3. The largest absolute Gasteiger partial charge is 0.352 e. The highest BCUT2D eigenvalue weighted by atomic mass is 35.5. The molecule has 0 saturated heterocycles. The second-order valence-electron chi connectivity index (χ2n) is 7.55. The number of hydrogen-bond acceptors (Lipinski definition) is 4. The van der Waals surface area contributed by atoms with Gasteiger partial charge in [0.2, 0.25) is 5.28 Å². The second kappa shape index (κ2) is 8.75. The van der Waals surface area contributed by atoms with Crippen LogP contribution in [0.5, 0.6) is 0 Å². The molecule has 0 N–H and O–H groups in total. The van der Waals surface area contributed by atoms with Crippen molar-refractivity contribution in [2.75, 3.05) is 11.4 Å². The Kier molecular flexibility index (Phi) is 6.07. The lowest BCUT2D eigenvalue weighted by atomic mass is 9.98. The molecule has 30 heavy (non-hydrogen) atoms. The molecule has 0 fully saturated rings. The van der Waals surface area contributed by atoms with Gasteiger partial charge in [0.15, 0.2) is 0 Å². The van der Waals surface area contributed by atoms with Crippen LogP contribution in [0.1, 0.15) is 35.4 Å². The predicted molar refractivity (Wildman–Crippen MR) is 130 cm³/mol. The normalized spacial score (nSPS) is 11.2. The molecule has 0 aliphatic rings. The molecule has 0 atom stereocenters. The summed E-state index contributed by atoms with van der Waals surface area (Å²) in [6.07, 6.45) is 0.950. The molecule has 2 heterocycles. The summed E-state index contributed by atoms with van der Waals surface area (Å²) in [6, 6.07) is 17.2. The van der Waals surface area contributed by atoms with Gasteiger partial charge in [0, 0.05) is 23.5 Å². The molecular formula is C25H26ClN3S. The highest BCUT2D eigenvalue weighted by molar-refractivity contribution is 7.19. The summed E-state index contributed by atoms with van der Waals surface area (Å²) in [4.78, 5) is 13.9. The van der Waals surface area contributed by atoms with E-state index < -0.39 is 0 Å². The first-order valence-corrected chi connectivity index (χ1v) is 11.6. The van der Waals surface area contributed by atoms with Gasteiger partial charge in [-0.3, -0.25) is 0 Å². The second-order valence-corrected chi connectivity index (χ2v) is 8.97. The molecule has 0 amide bonds. The van der Waals surface area contributed by atoms with Gasteiger partial charge in [0.25, 0.3) is 0 Å². The molecule has 0 bridgehead atoms. The van der Waals surface area contributed by atoms with Crippen molar-refractivity contribution in [3.63, 3.8) is 0 Å². The maximum absolute atomic E-state index is 6.38. The maximum Gasteiger partial charge on any atom is 0.225 e. The van der Waals surface area contributed by atoms with Gasteiger partial charge in [0.05, 0.1) is 5.39 Å². The predicted octanol–water partition coefficient (Wildman–Crippen LogP) is 7.22. The molecule has 0 radical (unpaired) electrons. The number of nitrogens with zero attached hydrogens (tertiary/aromatic N) is 3. The van der Waals surface area contributed by atoms with Crippen LogP contribution in [-0.2, 0) is 13.0 Å². The zero-order valence-corrected chi connectivity index (χ0v) is 19.4. The number of thiophene rings is 1. The minimum atomic E-state index is 0.305. The Balaban J connectivity index is 1.95. The first-order valence-electron chi connectivity index (χ1n) is 10.4. The third-order valence-corrected chi connectivity index (χ3v) is 6.99. The van der Waals surface area contributed by atoms with Crippen LogP contribution in [0.3, 0.4) is 0 Å². The molecule has 154 valence electrons. The number of hydrogen-bond donors (Lipinski definition) is 0. The van der Waals surface area contributed by atoms with Crippen molar-refractivity contribution in [2.45, 2.75) is 40.7 Å². The van der Waals surface area contributed by atoms with Crippen molar-refractivity contribution in [3.8, 4) is 11.1 Å². The van der Waals surface area contributed by atoms with Crippen LogP contribution < -0.4 is 4.90 Å². The minimum absolute atomic E-state index is 0.305. The number of halogens is 1. The van der Waals surface area contributed by atoms with Crippen LogP contribution in [0.4, 0.5) is 5.82 Å². The van der Waals surface area contributed by atoms with E-state index in [-0.39, 0.29) is 0 Å².